The topological polar surface area (TPSA) is 27.7 Å². The van der Waals surface area contributed by atoms with E-state index in [9.17, 15) is 0 Å². The summed E-state index contributed by atoms with van der Waals surface area (Å²) in [6.45, 7) is 15.1. The highest BCUT2D eigenvalue weighted by Crippen LogP contribution is 2.10. The zero-order valence-electron chi connectivity index (χ0n) is 12.7. The van der Waals surface area contributed by atoms with Gasteiger partial charge >= 0.3 is 0 Å². The lowest BCUT2D eigenvalue weighted by Crippen LogP contribution is -2.49. The van der Waals surface area contributed by atoms with Gasteiger partial charge in [0.15, 0.2) is 0 Å². The van der Waals surface area contributed by atoms with Crippen LogP contribution in [0.4, 0.5) is 0 Å². The molecule has 4 heteroatoms. The fourth-order valence-corrected chi connectivity index (χ4v) is 3.02. The fourth-order valence-electron chi connectivity index (χ4n) is 3.02. The van der Waals surface area contributed by atoms with Crippen molar-refractivity contribution >= 4 is 0 Å². The van der Waals surface area contributed by atoms with E-state index in [0.717, 1.165) is 25.6 Å². The summed E-state index contributed by atoms with van der Waals surface area (Å²) in [7, 11) is 0. The van der Waals surface area contributed by atoms with Gasteiger partial charge in [-0.1, -0.05) is 13.8 Å². The van der Waals surface area contributed by atoms with Crippen molar-refractivity contribution in [3.63, 3.8) is 0 Å². The van der Waals surface area contributed by atoms with E-state index in [2.05, 4.69) is 29.0 Å². The Hall–Kier alpha value is -0.160. The molecule has 1 atom stereocenters. The normalized spacial score (nSPS) is 26.4. The van der Waals surface area contributed by atoms with Crippen LogP contribution in [-0.4, -0.2) is 74.9 Å². The molecule has 0 spiro atoms. The summed E-state index contributed by atoms with van der Waals surface area (Å²) in [5.41, 5.74) is 0. The summed E-state index contributed by atoms with van der Waals surface area (Å²) in [5.74, 6) is 0.791. The first kappa shape index (κ1) is 15.2. The van der Waals surface area contributed by atoms with Gasteiger partial charge < -0.3 is 15.0 Å². The van der Waals surface area contributed by atoms with Crippen LogP contribution in [0.2, 0.25) is 0 Å². The average Bonchev–Trinajstić information content (AvgIpc) is 2.89. The Kier molecular flexibility index (Phi) is 6.57. The Morgan fingerprint density at radius 3 is 2.53 bits per heavy atom. The van der Waals surface area contributed by atoms with Gasteiger partial charge in [0.25, 0.3) is 0 Å². The first-order valence-corrected chi connectivity index (χ1v) is 8.01. The number of hydrogen-bond donors (Lipinski definition) is 1. The highest BCUT2D eigenvalue weighted by Gasteiger charge is 2.17. The SMILES string of the molecule is CC(C)CN1CCN(CCNCC2CCCO2)CC1. The molecule has 0 bridgehead atoms. The van der Waals surface area contributed by atoms with E-state index < -0.39 is 0 Å². The number of piperazine rings is 1. The number of nitrogens with one attached hydrogen (secondary N) is 1. The fraction of sp³-hybridized carbons (Fsp3) is 1.00. The first-order chi connectivity index (χ1) is 9.24. The van der Waals surface area contributed by atoms with Crippen LogP contribution >= 0.6 is 0 Å². The zero-order valence-corrected chi connectivity index (χ0v) is 12.7. The van der Waals surface area contributed by atoms with Crippen molar-refractivity contribution in [2.75, 3.05) is 59.0 Å². The van der Waals surface area contributed by atoms with Crippen molar-refractivity contribution in [2.45, 2.75) is 32.8 Å². The second kappa shape index (κ2) is 8.20. The van der Waals surface area contributed by atoms with Crippen LogP contribution in [0.3, 0.4) is 0 Å². The van der Waals surface area contributed by atoms with Gasteiger partial charge in [-0.2, -0.15) is 0 Å². The zero-order chi connectivity index (χ0) is 13.5. The Morgan fingerprint density at radius 1 is 1.16 bits per heavy atom. The minimum absolute atomic E-state index is 0.475. The molecular formula is C15H31N3O. The summed E-state index contributed by atoms with van der Waals surface area (Å²) in [4.78, 5) is 5.18. The molecule has 2 saturated heterocycles. The van der Waals surface area contributed by atoms with Gasteiger partial charge in [-0.15, -0.1) is 0 Å². The quantitative estimate of drug-likeness (QED) is 0.699. The van der Waals surface area contributed by atoms with Crippen LogP contribution in [0, 0.1) is 5.92 Å². The van der Waals surface area contributed by atoms with E-state index in [1.165, 1.54) is 52.1 Å². The van der Waals surface area contributed by atoms with Crippen LogP contribution in [-0.2, 0) is 4.74 Å². The second-order valence-corrected chi connectivity index (χ2v) is 6.38. The smallest absolute Gasteiger partial charge is 0.0700 e. The molecular weight excluding hydrogens is 238 g/mol. The summed E-state index contributed by atoms with van der Waals surface area (Å²) >= 11 is 0. The van der Waals surface area contributed by atoms with E-state index in [0.29, 0.717) is 6.10 Å². The molecule has 19 heavy (non-hydrogen) atoms. The van der Waals surface area contributed by atoms with Gasteiger partial charge in [-0.3, -0.25) is 4.90 Å². The number of hydrogen-bond acceptors (Lipinski definition) is 4. The van der Waals surface area contributed by atoms with Crippen molar-refractivity contribution in [2.24, 2.45) is 5.92 Å². The van der Waals surface area contributed by atoms with E-state index in [-0.39, 0.29) is 0 Å². The molecule has 112 valence electrons. The van der Waals surface area contributed by atoms with E-state index in [1.807, 2.05) is 0 Å². The second-order valence-electron chi connectivity index (χ2n) is 6.38. The predicted octanol–water partition coefficient (Wildman–Crippen LogP) is 1.03. The molecule has 1 N–H and O–H groups in total. The Balaban J connectivity index is 1.48. The van der Waals surface area contributed by atoms with Crippen LogP contribution in [0.5, 0.6) is 0 Å². The van der Waals surface area contributed by atoms with Crippen molar-refractivity contribution in [1.29, 1.82) is 0 Å². The van der Waals surface area contributed by atoms with Crippen LogP contribution in [0.15, 0.2) is 0 Å². The molecule has 1 unspecified atom stereocenters. The third-order valence-corrected chi connectivity index (χ3v) is 4.09. The Labute approximate surface area is 118 Å². The maximum Gasteiger partial charge on any atom is 0.0700 e. The molecule has 0 amide bonds. The largest absolute Gasteiger partial charge is 0.377 e. The van der Waals surface area contributed by atoms with Gasteiger partial charge in [-0.25, -0.2) is 0 Å². The van der Waals surface area contributed by atoms with Crippen molar-refractivity contribution < 1.29 is 4.74 Å². The summed E-state index contributed by atoms with van der Waals surface area (Å²) in [6, 6.07) is 0. The lowest BCUT2D eigenvalue weighted by Gasteiger charge is -2.35. The van der Waals surface area contributed by atoms with E-state index in [4.69, 9.17) is 4.74 Å². The molecule has 0 saturated carbocycles. The maximum absolute atomic E-state index is 5.61. The summed E-state index contributed by atoms with van der Waals surface area (Å²) in [5, 5.41) is 3.54. The van der Waals surface area contributed by atoms with Crippen molar-refractivity contribution in [3.05, 3.63) is 0 Å². The molecule has 2 fully saturated rings. The van der Waals surface area contributed by atoms with Gasteiger partial charge in [0.2, 0.25) is 0 Å². The first-order valence-electron chi connectivity index (χ1n) is 8.01. The average molecular weight is 269 g/mol. The van der Waals surface area contributed by atoms with Crippen LogP contribution in [0.1, 0.15) is 26.7 Å². The molecule has 4 nitrogen and oxygen atoms in total. The van der Waals surface area contributed by atoms with Gasteiger partial charge in [0.05, 0.1) is 6.10 Å². The highest BCUT2D eigenvalue weighted by atomic mass is 16.5. The van der Waals surface area contributed by atoms with Gasteiger partial charge in [0, 0.05) is 59.0 Å². The Bertz CT molecular complexity index is 234. The minimum Gasteiger partial charge on any atom is -0.377 e. The predicted molar refractivity (Wildman–Crippen MR) is 79.6 cm³/mol. The Morgan fingerprint density at radius 2 is 1.89 bits per heavy atom. The van der Waals surface area contributed by atoms with E-state index in [1.54, 1.807) is 0 Å². The third-order valence-electron chi connectivity index (χ3n) is 4.09. The van der Waals surface area contributed by atoms with Gasteiger partial charge in [-0.05, 0) is 18.8 Å². The third kappa shape index (κ3) is 5.78. The minimum atomic E-state index is 0.475. The lowest BCUT2D eigenvalue weighted by atomic mass is 10.2. The molecule has 2 rings (SSSR count). The molecule has 0 aromatic carbocycles. The molecule has 0 radical (unpaired) electrons. The number of nitrogens with zero attached hydrogens (tertiary/aromatic N) is 2. The van der Waals surface area contributed by atoms with Crippen molar-refractivity contribution in [1.82, 2.24) is 15.1 Å². The molecule has 2 aliphatic rings. The maximum atomic E-state index is 5.61. The van der Waals surface area contributed by atoms with E-state index >= 15 is 0 Å². The molecule has 0 aromatic heterocycles. The molecule has 0 aliphatic carbocycles. The molecule has 0 aromatic rings. The van der Waals surface area contributed by atoms with Crippen LogP contribution < -0.4 is 5.32 Å². The monoisotopic (exact) mass is 269 g/mol. The lowest BCUT2D eigenvalue weighted by molar-refractivity contribution is 0.104. The summed E-state index contributed by atoms with van der Waals surface area (Å²) < 4.78 is 5.61. The van der Waals surface area contributed by atoms with Crippen molar-refractivity contribution in [3.8, 4) is 0 Å². The number of rotatable bonds is 7. The molecule has 2 aliphatic heterocycles. The van der Waals surface area contributed by atoms with Crippen LogP contribution in [0.25, 0.3) is 0 Å². The summed E-state index contributed by atoms with van der Waals surface area (Å²) in [6.07, 6.45) is 2.95. The molecule has 2 heterocycles. The highest BCUT2D eigenvalue weighted by molar-refractivity contribution is 4.74. The standard InChI is InChI=1S/C15H31N3O/c1-14(2)13-18-9-7-17(8-10-18)6-5-16-12-15-4-3-11-19-15/h14-16H,3-13H2,1-2H3. The number of ether oxygens (including phenoxy) is 1. The van der Waals surface area contributed by atoms with Gasteiger partial charge in [0.1, 0.15) is 0 Å².